The van der Waals surface area contributed by atoms with Gasteiger partial charge in [0.2, 0.25) is 0 Å². The zero-order valence-electron chi connectivity index (χ0n) is 10.2. The molecular weight excluding hydrogens is 204 g/mol. The zero-order chi connectivity index (χ0) is 12.0. The molecular formula is C12H20N2O2. The van der Waals surface area contributed by atoms with E-state index in [1.807, 2.05) is 26.0 Å². The van der Waals surface area contributed by atoms with E-state index < -0.39 is 0 Å². The number of rotatable bonds is 6. The number of pyridine rings is 1. The lowest BCUT2D eigenvalue weighted by Gasteiger charge is -2.14. The van der Waals surface area contributed by atoms with Gasteiger partial charge in [-0.05, 0) is 32.5 Å². The number of hydrogen-bond donors (Lipinski definition) is 1. The van der Waals surface area contributed by atoms with E-state index in [2.05, 4.69) is 4.98 Å². The highest BCUT2D eigenvalue weighted by molar-refractivity contribution is 5.29. The lowest BCUT2D eigenvalue weighted by molar-refractivity contribution is 0.0711. The predicted octanol–water partition coefficient (Wildman–Crippen LogP) is 1.30. The van der Waals surface area contributed by atoms with Crippen LogP contribution in [0.1, 0.15) is 18.3 Å². The van der Waals surface area contributed by atoms with Gasteiger partial charge in [0.05, 0.1) is 11.8 Å². The number of ether oxygens (including phenoxy) is 2. The van der Waals surface area contributed by atoms with Gasteiger partial charge in [-0.3, -0.25) is 4.98 Å². The molecule has 1 aromatic heterocycles. The van der Waals surface area contributed by atoms with Crippen molar-refractivity contribution in [3.63, 3.8) is 0 Å². The average molecular weight is 224 g/mol. The van der Waals surface area contributed by atoms with Crippen molar-refractivity contribution < 1.29 is 9.47 Å². The van der Waals surface area contributed by atoms with Crippen LogP contribution in [-0.4, -0.2) is 31.3 Å². The average Bonchev–Trinajstić information content (AvgIpc) is 2.28. The van der Waals surface area contributed by atoms with E-state index in [0.29, 0.717) is 13.2 Å². The topological polar surface area (TPSA) is 57.4 Å². The van der Waals surface area contributed by atoms with Crippen LogP contribution in [0.5, 0.6) is 5.75 Å². The van der Waals surface area contributed by atoms with Crippen LogP contribution in [0, 0.1) is 6.92 Å². The van der Waals surface area contributed by atoms with E-state index >= 15 is 0 Å². The van der Waals surface area contributed by atoms with Crippen LogP contribution in [0.3, 0.4) is 0 Å². The molecule has 1 rings (SSSR count). The normalized spacial score (nSPS) is 12.5. The lowest BCUT2D eigenvalue weighted by atomic mass is 10.2. The number of nitrogens with two attached hydrogens (primary N) is 1. The fraction of sp³-hybridized carbons (Fsp3) is 0.583. The van der Waals surface area contributed by atoms with E-state index in [9.17, 15) is 0 Å². The van der Waals surface area contributed by atoms with Crippen molar-refractivity contribution >= 4 is 0 Å². The smallest absolute Gasteiger partial charge is 0.140 e. The van der Waals surface area contributed by atoms with Crippen molar-refractivity contribution in [2.75, 3.05) is 20.3 Å². The summed E-state index contributed by atoms with van der Waals surface area (Å²) in [5.41, 5.74) is 7.45. The van der Waals surface area contributed by atoms with Gasteiger partial charge in [0, 0.05) is 19.2 Å². The van der Waals surface area contributed by atoms with Crippen molar-refractivity contribution in [1.29, 1.82) is 0 Å². The molecule has 90 valence electrons. The van der Waals surface area contributed by atoms with E-state index in [-0.39, 0.29) is 6.10 Å². The summed E-state index contributed by atoms with van der Waals surface area (Å²) in [5, 5.41) is 0. The molecule has 1 heterocycles. The molecule has 0 spiro atoms. The summed E-state index contributed by atoms with van der Waals surface area (Å²) >= 11 is 0. The fourth-order valence-electron chi connectivity index (χ4n) is 1.32. The Morgan fingerprint density at radius 2 is 2.19 bits per heavy atom. The molecule has 0 aromatic carbocycles. The van der Waals surface area contributed by atoms with Crippen molar-refractivity contribution in [1.82, 2.24) is 4.98 Å². The van der Waals surface area contributed by atoms with Gasteiger partial charge in [0.15, 0.2) is 0 Å². The third-order valence-corrected chi connectivity index (χ3v) is 2.33. The molecule has 16 heavy (non-hydrogen) atoms. The van der Waals surface area contributed by atoms with E-state index in [1.54, 1.807) is 7.11 Å². The molecule has 0 fully saturated rings. The Morgan fingerprint density at radius 3 is 2.81 bits per heavy atom. The maximum atomic E-state index is 5.65. The van der Waals surface area contributed by atoms with Crippen molar-refractivity contribution in [3.8, 4) is 5.75 Å². The highest BCUT2D eigenvalue weighted by Gasteiger charge is 2.07. The molecule has 0 aliphatic carbocycles. The Labute approximate surface area is 96.8 Å². The summed E-state index contributed by atoms with van der Waals surface area (Å²) in [4.78, 5) is 4.42. The lowest BCUT2D eigenvalue weighted by Crippen LogP contribution is -2.17. The Morgan fingerprint density at radius 1 is 1.44 bits per heavy atom. The molecule has 0 aliphatic rings. The fourth-order valence-corrected chi connectivity index (χ4v) is 1.32. The number of methoxy groups -OCH3 is 1. The van der Waals surface area contributed by atoms with Gasteiger partial charge in [-0.1, -0.05) is 0 Å². The maximum absolute atomic E-state index is 5.65. The van der Waals surface area contributed by atoms with Crippen molar-refractivity contribution in [2.24, 2.45) is 5.73 Å². The van der Waals surface area contributed by atoms with Crippen LogP contribution in [-0.2, 0) is 11.2 Å². The maximum Gasteiger partial charge on any atom is 0.140 e. The highest BCUT2D eigenvalue weighted by atomic mass is 16.5. The Hall–Kier alpha value is -1.13. The minimum absolute atomic E-state index is 0.0760. The Bertz CT molecular complexity index is 329. The standard InChI is InChI=1S/C12H20N2O2/c1-9-4-5-12(11(14-9)6-7-13)16-8-10(2)15-3/h4-5,10H,6-8,13H2,1-3H3. The highest BCUT2D eigenvalue weighted by Crippen LogP contribution is 2.17. The Kier molecular flexibility index (Phi) is 5.22. The summed E-state index contributed by atoms with van der Waals surface area (Å²) in [6.07, 6.45) is 0.810. The van der Waals surface area contributed by atoms with Gasteiger partial charge in [-0.25, -0.2) is 0 Å². The molecule has 0 radical (unpaired) electrons. The SMILES string of the molecule is COC(C)COc1ccc(C)nc1CCN. The van der Waals surface area contributed by atoms with Gasteiger partial charge >= 0.3 is 0 Å². The molecule has 1 atom stereocenters. The quantitative estimate of drug-likeness (QED) is 0.791. The molecule has 1 aromatic rings. The summed E-state index contributed by atoms with van der Waals surface area (Å²) in [7, 11) is 1.67. The molecule has 0 bridgehead atoms. The molecule has 0 aliphatic heterocycles. The van der Waals surface area contributed by atoms with Crippen molar-refractivity contribution in [3.05, 3.63) is 23.5 Å². The van der Waals surface area contributed by atoms with Gasteiger partial charge in [-0.15, -0.1) is 0 Å². The number of aryl methyl sites for hydroxylation is 1. The molecule has 0 amide bonds. The first-order valence-electron chi connectivity index (χ1n) is 5.49. The van der Waals surface area contributed by atoms with E-state index in [4.69, 9.17) is 15.2 Å². The minimum atomic E-state index is 0.0760. The second-order valence-electron chi connectivity index (χ2n) is 3.79. The van der Waals surface area contributed by atoms with E-state index in [0.717, 1.165) is 23.6 Å². The second kappa shape index (κ2) is 6.45. The largest absolute Gasteiger partial charge is 0.489 e. The molecule has 1 unspecified atom stereocenters. The predicted molar refractivity (Wildman–Crippen MR) is 63.7 cm³/mol. The summed E-state index contributed by atoms with van der Waals surface area (Å²) in [6, 6.07) is 3.88. The third-order valence-electron chi connectivity index (χ3n) is 2.33. The molecule has 4 nitrogen and oxygen atoms in total. The molecule has 0 saturated heterocycles. The summed E-state index contributed by atoms with van der Waals surface area (Å²) < 4.78 is 10.8. The first-order chi connectivity index (χ1) is 7.67. The molecule has 2 N–H and O–H groups in total. The van der Waals surface area contributed by atoms with Crippen LogP contribution in [0.2, 0.25) is 0 Å². The van der Waals surface area contributed by atoms with Gasteiger partial charge in [0.25, 0.3) is 0 Å². The van der Waals surface area contributed by atoms with E-state index in [1.165, 1.54) is 0 Å². The number of aromatic nitrogens is 1. The molecule has 0 saturated carbocycles. The van der Waals surface area contributed by atoms with Crippen LogP contribution in [0.25, 0.3) is 0 Å². The Balaban J connectivity index is 2.70. The van der Waals surface area contributed by atoms with Gasteiger partial charge < -0.3 is 15.2 Å². The molecule has 4 heteroatoms. The number of hydrogen-bond acceptors (Lipinski definition) is 4. The minimum Gasteiger partial charge on any atom is -0.489 e. The van der Waals surface area contributed by atoms with Crippen LogP contribution >= 0.6 is 0 Å². The van der Waals surface area contributed by atoms with Crippen LogP contribution in [0.15, 0.2) is 12.1 Å². The van der Waals surface area contributed by atoms with Crippen LogP contribution in [0.4, 0.5) is 0 Å². The van der Waals surface area contributed by atoms with Gasteiger partial charge in [-0.2, -0.15) is 0 Å². The second-order valence-corrected chi connectivity index (χ2v) is 3.79. The first-order valence-corrected chi connectivity index (χ1v) is 5.49. The first kappa shape index (κ1) is 12.9. The van der Waals surface area contributed by atoms with Crippen molar-refractivity contribution in [2.45, 2.75) is 26.4 Å². The monoisotopic (exact) mass is 224 g/mol. The summed E-state index contributed by atoms with van der Waals surface area (Å²) in [5.74, 6) is 0.806. The third kappa shape index (κ3) is 3.79. The zero-order valence-corrected chi connectivity index (χ0v) is 10.2. The van der Waals surface area contributed by atoms with Gasteiger partial charge in [0.1, 0.15) is 12.4 Å². The summed E-state index contributed by atoms with van der Waals surface area (Å²) in [6.45, 7) is 5.03. The number of nitrogens with zero attached hydrogens (tertiary/aromatic N) is 1. The van der Waals surface area contributed by atoms with Crippen LogP contribution < -0.4 is 10.5 Å².